The van der Waals surface area contributed by atoms with E-state index in [9.17, 15) is 0 Å². The van der Waals surface area contributed by atoms with Crippen LogP contribution in [0, 0.1) is 0 Å². The van der Waals surface area contributed by atoms with Gasteiger partial charge in [0.1, 0.15) is 0 Å². The molecule has 1 fully saturated rings. The SMILES string of the molecule is CCCNc1ccnc(CN2CCSC(C)(C)CC2)c1. The molecule has 2 heterocycles. The van der Waals surface area contributed by atoms with Gasteiger partial charge in [-0.05, 0) is 31.5 Å². The first-order valence-corrected chi connectivity index (χ1v) is 8.63. The first-order chi connectivity index (χ1) is 9.59. The summed E-state index contributed by atoms with van der Waals surface area (Å²) in [6.45, 7) is 11.2. The molecule has 0 spiro atoms. The summed E-state index contributed by atoms with van der Waals surface area (Å²) >= 11 is 2.10. The van der Waals surface area contributed by atoms with Crippen molar-refractivity contribution in [1.29, 1.82) is 0 Å². The van der Waals surface area contributed by atoms with E-state index in [4.69, 9.17) is 0 Å². The lowest BCUT2D eigenvalue weighted by Gasteiger charge is -2.22. The minimum Gasteiger partial charge on any atom is -0.385 e. The first-order valence-electron chi connectivity index (χ1n) is 7.64. The number of pyridine rings is 1. The number of nitrogens with zero attached hydrogens (tertiary/aromatic N) is 2. The van der Waals surface area contributed by atoms with Crippen LogP contribution in [-0.2, 0) is 6.54 Å². The molecule has 0 atom stereocenters. The van der Waals surface area contributed by atoms with Gasteiger partial charge in [-0.3, -0.25) is 9.88 Å². The molecule has 2 rings (SSSR count). The maximum atomic E-state index is 4.52. The van der Waals surface area contributed by atoms with Gasteiger partial charge in [0, 0.05) is 42.0 Å². The van der Waals surface area contributed by atoms with Gasteiger partial charge in [0.15, 0.2) is 0 Å². The van der Waals surface area contributed by atoms with Crippen LogP contribution in [0.25, 0.3) is 0 Å². The van der Waals surface area contributed by atoms with Gasteiger partial charge in [0.25, 0.3) is 0 Å². The van der Waals surface area contributed by atoms with Gasteiger partial charge in [-0.15, -0.1) is 0 Å². The molecule has 3 nitrogen and oxygen atoms in total. The quantitative estimate of drug-likeness (QED) is 0.897. The highest BCUT2D eigenvalue weighted by atomic mass is 32.2. The van der Waals surface area contributed by atoms with E-state index in [-0.39, 0.29) is 0 Å². The van der Waals surface area contributed by atoms with Crippen LogP contribution >= 0.6 is 11.8 Å². The summed E-state index contributed by atoms with van der Waals surface area (Å²) in [5.41, 5.74) is 2.37. The third kappa shape index (κ3) is 4.98. The monoisotopic (exact) mass is 293 g/mol. The Morgan fingerprint density at radius 2 is 2.25 bits per heavy atom. The predicted octanol–water partition coefficient (Wildman–Crippen LogP) is 3.62. The topological polar surface area (TPSA) is 28.2 Å². The van der Waals surface area contributed by atoms with Crippen molar-refractivity contribution in [3.8, 4) is 0 Å². The minimum atomic E-state index is 0.423. The molecule has 20 heavy (non-hydrogen) atoms. The molecule has 0 aromatic carbocycles. The van der Waals surface area contributed by atoms with Crippen molar-refractivity contribution in [2.45, 2.75) is 44.9 Å². The molecule has 4 heteroatoms. The highest BCUT2D eigenvalue weighted by molar-refractivity contribution is 8.00. The number of aromatic nitrogens is 1. The molecule has 1 aliphatic heterocycles. The number of nitrogens with one attached hydrogen (secondary N) is 1. The number of rotatable bonds is 5. The Kier molecular flexibility index (Phi) is 5.73. The lowest BCUT2D eigenvalue weighted by molar-refractivity contribution is 0.273. The Morgan fingerprint density at radius 1 is 1.40 bits per heavy atom. The molecule has 0 bridgehead atoms. The highest BCUT2D eigenvalue weighted by Crippen LogP contribution is 2.31. The highest BCUT2D eigenvalue weighted by Gasteiger charge is 2.23. The zero-order chi connectivity index (χ0) is 14.4. The fourth-order valence-electron chi connectivity index (χ4n) is 2.39. The van der Waals surface area contributed by atoms with Gasteiger partial charge in [-0.25, -0.2) is 0 Å². The number of hydrogen-bond acceptors (Lipinski definition) is 4. The van der Waals surface area contributed by atoms with Crippen molar-refractivity contribution < 1.29 is 0 Å². The van der Waals surface area contributed by atoms with Gasteiger partial charge in [-0.1, -0.05) is 20.8 Å². The summed E-state index contributed by atoms with van der Waals surface area (Å²) in [6, 6.07) is 4.25. The van der Waals surface area contributed by atoms with E-state index in [0.29, 0.717) is 4.75 Å². The Bertz CT molecular complexity index is 420. The maximum Gasteiger partial charge on any atom is 0.0564 e. The average Bonchev–Trinajstić information content (AvgIpc) is 2.58. The molecule has 1 N–H and O–H groups in total. The first kappa shape index (κ1) is 15.6. The zero-order valence-corrected chi connectivity index (χ0v) is 13.8. The van der Waals surface area contributed by atoms with Crippen molar-refractivity contribution in [2.75, 3.05) is 30.7 Å². The van der Waals surface area contributed by atoms with E-state index in [1.54, 1.807) is 0 Å². The summed E-state index contributed by atoms with van der Waals surface area (Å²) in [4.78, 5) is 7.06. The summed E-state index contributed by atoms with van der Waals surface area (Å²) in [7, 11) is 0. The Balaban J connectivity index is 1.92. The van der Waals surface area contributed by atoms with Crippen LogP contribution in [0.4, 0.5) is 5.69 Å². The molecule has 0 radical (unpaired) electrons. The van der Waals surface area contributed by atoms with E-state index in [2.05, 4.69) is 59.9 Å². The number of thioether (sulfide) groups is 1. The second-order valence-electron chi connectivity index (χ2n) is 6.10. The normalized spacial score (nSPS) is 19.6. The smallest absolute Gasteiger partial charge is 0.0564 e. The number of anilines is 1. The van der Waals surface area contributed by atoms with E-state index < -0.39 is 0 Å². The molecule has 1 saturated heterocycles. The van der Waals surface area contributed by atoms with Crippen molar-refractivity contribution in [3.05, 3.63) is 24.0 Å². The van der Waals surface area contributed by atoms with E-state index >= 15 is 0 Å². The van der Waals surface area contributed by atoms with Crippen LogP contribution < -0.4 is 5.32 Å². The number of hydrogen-bond donors (Lipinski definition) is 1. The fraction of sp³-hybridized carbons (Fsp3) is 0.688. The van der Waals surface area contributed by atoms with E-state index in [1.165, 1.54) is 36.6 Å². The molecule has 1 aromatic rings. The molecular formula is C16H27N3S. The van der Waals surface area contributed by atoms with Crippen LogP contribution in [-0.4, -0.2) is 40.0 Å². The summed E-state index contributed by atoms with van der Waals surface area (Å²) < 4.78 is 0.423. The van der Waals surface area contributed by atoms with Crippen molar-refractivity contribution >= 4 is 17.4 Å². The van der Waals surface area contributed by atoms with E-state index in [0.717, 1.165) is 19.5 Å². The van der Waals surface area contributed by atoms with Crippen LogP contribution in [0.3, 0.4) is 0 Å². The Morgan fingerprint density at radius 3 is 3.05 bits per heavy atom. The van der Waals surface area contributed by atoms with Crippen molar-refractivity contribution in [1.82, 2.24) is 9.88 Å². The van der Waals surface area contributed by atoms with Crippen molar-refractivity contribution in [2.24, 2.45) is 0 Å². The fourth-order valence-corrected chi connectivity index (χ4v) is 3.53. The Hall–Kier alpha value is -0.740. The third-order valence-electron chi connectivity index (χ3n) is 3.71. The van der Waals surface area contributed by atoms with Gasteiger partial charge in [-0.2, -0.15) is 11.8 Å². The van der Waals surface area contributed by atoms with Crippen molar-refractivity contribution in [3.63, 3.8) is 0 Å². The molecule has 0 unspecified atom stereocenters. The lowest BCUT2D eigenvalue weighted by atomic mass is 10.1. The molecule has 112 valence electrons. The van der Waals surface area contributed by atoms with Crippen LogP contribution in [0.2, 0.25) is 0 Å². The Labute approximate surface area is 127 Å². The zero-order valence-electron chi connectivity index (χ0n) is 13.0. The van der Waals surface area contributed by atoms with Gasteiger partial charge < -0.3 is 5.32 Å². The second kappa shape index (κ2) is 7.32. The molecular weight excluding hydrogens is 266 g/mol. The predicted molar refractivity (Wildman–Crippen MR) is 89.4 cm³/mol. The maximum absolute atomic E-state index is 4.52. The largest absolute Gasteiger partial charge is 0.385 e. The summed E-state index contributed by atoms with van der Waals surface area (Å²) in [5.74, 6) is 1.22. The standard InChI is InChI=1S/C16H27N3S/c1-4-7-17-14-5-8-18-15(12-14)13-19-9-6-16(2,3)20-11-10-19/h5,8,12H,4,6-7,9-11,13H2,1-3H3,(H,17,18). The van der Waals surface area contributed by atoms with Crippen LogP contribution in [0.15, 0.2) is 18.3 Å². The van der Waals surface area contributed by atoms with Gasteiger partial charge >= 0.3 is 0 Å². The second-order valence-corrected chi connectivity index (χ2v) is 7.90. The minimum absolute atomic E-state index is 0.423. The molecule has 0 amide bonds. The molecule has 0 aliphatic carbocycles. The van der Waals surface area contributed by atoms with Gasteiger partial charge in [0.05, 0.1) is 5.69 Å². The van der Waals surface area contributed by atoms with Gasteiger partial charge in [0.2, 0.25) is 0 Å². The summed E-state index contributed by atoms with van der Waals surface area (Å²) in [6.07, 6.45) is 4.32. The molecule has 1 aliphatic rings. The molecule has 1 aromatic heterocycles. The van der Waals surface area contributed by atoms with Crippen LogP contribution in [0.1, 0.15) is 39.3 Å². The molecule has 0 saturated carbocycles. The third-order valence-corrected chi connectivity index (χ3v) is 5.08. The summed E-state index contributed by atoms with van der Waals surface area (Å²) in [5, 5.41) is 3.43. The lowest BCUT2D eigenvalue weighted by Crippen LogP contribution is -2.27. The average molecular weight is 293 g/mol. The van der Waals surface area contributed by atoms with E-state index in [1.807, 2.05) is 6.20 Å². The van der Waals surface area contributed by atoms with Crippen LogP contribution in [0.5, 0.6) is 0 Å².